The summed E-state index contributed by atoms with van der Waals surface area (Å²) in [7, 11) is 0. The zero-order chi connectivity index (χ0) is 14.5. The standard InChI is InChI=1S/C12H7F3N4/c13-12(14,15)9-4-2-1-3-8(9)7-19-11(6-17)10(18)5-16/h1-4,7H,18H2. The Hall–Kier alpha value is -2.80. The molecule has 1 aromatic rings. The van der Waals surface area contributed by atoms with Crippen molar-refractivity contribution < 1.29 is 13.2 Å². The highest BCUT2D eigenvalue weighted by Gasteiger charge is 2.32. The van der Waals surface area contributed by atoms with Gasteiger partial charge in [0, 0.05) is 11.8 Å². The number of alkyl halides is 3. The van der Waals surface area contributed by atoms with Crippen LogP contribution in [-0.4, -0.2) is 6.21 Å². The quantitative estimate of drug-likeness (QED) is 0.657. The number of benzene rings is 1. The maximum atomic E-state index is 12.7. The van der Waals surface area contributed by atoms with Crippen molar-refractivity contribution in [2.24, 2.45) is 10.7 Å². The molecule has 0 aliphatic heterocycles. The highest BCUT2D eigenvalue weighted by Crippen LogP contribution is 2.31. The SMILES string of the molecule is N#CC(N)=C(C#N)N=Cc1ccccc1C(F)(F)F. The second-order valence-electron chi connectivity index (χ2n) is 3.33. The number of hydrogen-bond donors (Lipinski definition) is 1. The minimum atomic E-state index is -4.53. The zero-order valence-corrected chi connectivity index (χ0v) is 9.44. The first-order valence-corrected chi connectivity index (χ1v) is 4.90. The molecule has 0 unspecified atom stereocenters. The van der Waals surface area contributed by atoms with Crippen molar-refractivity contribution in [3.8, 4) is 12.1 Å². The minimum absolute atomic E-state index is 0.214. The molecular formula is C12H7F3N4. The Balaban J connectivity index is 3.23. The molecule has 0 heterocycles. The van der Waals surface area contributed by atoms with Crippen LogP contribution in [0.4, 0.5) is 13.2 Å². The van der Waals surface area contributed by atoms with Gasteiger partial charge < -0.3 is 5.73 Å². The summed E-state index contributed by atoms with van der Waals surface area (Å²) in [6, 6.07) is 7.77. The summed E-state index contributed by atoms with van der Waals surface area (Å²) in [6.45, 7) is 0. The van der Waals surface area contributed by atoms with Gasteiger partial charge in [-0.1, -0.05) is 18.2 Å². The molecule has 1 rings (SSSR count). The van der Waals surface area contributed by atoms with Crippen LogP contribution in [0.3, 0.4) is 0 Å². The summed E-state index contributed by atoms with van der Waals surface area (Å²) in [4.78, 5) is 3.50. The Morgan fingerprint density at radius 2 is 1.84 bits per heavy atom. The lowest BCUT2D eigenvalue weighted by Crippen LogP contribution is -2.08. The van der Waals surface area contributed by atoms with Gasteiger partial charge in [-0.15, -0.1) is 0 Å². The van der Waals surface area contributed by atoms with Gasteiger partial charge in [0.1, 0.15) is 17.8 Å². The fourth-order valence-corrected chi connectivity index (χ4v) is 1.21. The Bertz CT molecular complexity index is 615. The number of hydrogen-bond acceptors (Lipinski definition) is 4. The number of halogens is 3. The van der Waals surface area contributed by atoms with E-state index in [-0.39, 0.29) is 5.56 Å². The Labute approximate surface area is 106 Å². The second-order valence-corrected chi connectivity index (χ2v) is 3.33. The highest BCUT2D eigenvalue weighted by atomic mass is 19.4. The first kappa shape index (κ1) is 14.3. The van der Waals surface area contributed by atoms with Crippen molar-refractivity contribution >= 4 is 6.21 Å². The third kappa shape index (κ3) is 3.58. The summed E-state index contributed by atoms with van der Waals surface area (Å²) in [5.41, 5.74) is 3.19. The van der Waals surface area contributed by atoms with Crippen LogP contribution in [0.1, 0.15) is 11.1 Å². The van der Waals surface area contributed by atoms with Crippen LogP contribution < -0.4 is 5.73 Å². The Morgan fingerprint density at radius 3 is 2.37 bits per heavy atom. The van der Waals surface area contributed by atoms with E-state index in [1.54, 1.807) is 0 Å². The van der Waals surface area contributed by atoms with Crippen LogP contribution in [0.5, 0.6) is 0 Å². The van der Waals surface area contributed by atoms with E-state index in [2.05, 4.69) is 4.99 Å². The average Bonchev–Trinajstić information content (AvgIpc) is 2.38. The lowest BCUT2D eigenvalue weighted by molar-refractivity contribution is -0.137. The van der Waals surface area contributed by atoms with E-state index in [0.717, 1.165) is 12.3 Å². The summed E-state index contributed by atoms with van der Waals surface area (Å²) in [5, 5.41) is 17.1. The van der Waals surface area contributed by atoms with Crippen molar-refractivity contribution in [3.63, 3.8) is 0 Å². The number of aliphatic imine (C=N–C) groups is 1. The molecule has 0 radical (unpaired) electrons. The minimum Gasteiger partial charge on any atom is -0.388 e. The van der Waals surface area contributed by atoms with Crippen LogP contribution in [0.15, 0.2) is 40.7 Å². The number of nitrogens with two attached hydrogens (primary N) is 1. The van der Waals surface area contributed by atoms with Gasteiger partial charge in [-0.05, 0) is 6.07 Å². The van der Waals surface area contributed by atoms with E-state index in [0.29, 0.717) is 0 Å². The molecule has 7 heteroatoms. The second kappa shape index (κ2) is 5.69. The van der Waals surface area contributed by atoms with Crippen LogP contribution in [-0.2, 0) is 6.18 Å². The predicted octanol–water partition coefficient (Wildman–Crippen LogP) is 2.34. The molecule has 0 saturated heterocycles. The summed E-state index contributed by atoms with van der Waals surface area (Å²) < 4.78 is 38.0. The Kier molecular flexibility index (Phi) is 4.27. The molecule has 0 aliphatic rings. The van der Waals surface area contributed by atoms with Gasteiger partial charge >= 0.3 is 6.18 Å². The lowest BCUT2D eigenvalue weighted by atomic mass is 10.1. The maximum Gasteiger partial charge on any atom is 0.417 e. The molecule has 0 aromatic heterocycles. The lowest BCUT2D eigenvalue weighted by Gasteiger charge is -2.08. The molecule has 1 aromatic carbocycles. The number of nitrogens with zero attached hydrogens (tertiary/aromatic N) is 3. The fourth-order valence-electron chi connectivity index (χ4n) is 1.21. The maximum absolute atomic E-state index is 12.7. The molecule has 0 atom stereocenters. The number of nitriles is 2. The van der Waals surface area contributed by atoms with Gasteiger partial charge in [0.15, 0.2) is 5.70 Å². The van der Waals surface area contributed by atoms with Gasteiger partial charge in [0.2, 0.25) is 0 Å². The van der Waals surface area contributed by atoms with Crippen molar-refractivity contribution in [1.82, 2.24) is 0 Å². The van der Waals surface area contributed by atoms with Gasteiger partial charge in [0.25, 0.3) is 0 Å². The van der Waals surface area contributed by atoms with Crippen molar-refractivity contribution in [1.29, 1.82) is 10.5 Å². The largest absolute Gasteiger partial charge is 0.417 e. The summed E-state index contributed by atoms with van der Waals surface area (Å²) >= 11 is 0. The summed E-state index contributed by atoms with van der Waals surface area (Å²) in [6.07, 6.45) is -3.68. The average molecular weight is 264 g/mol. The molecule has 0 spiro atoms. The molecule has 0 bridgehead atoms. The monoisotopic (exact) mass is 264 g/mol. The van der Waals surface area contributed by atoms with Crippen LogP contribution in [0.2, 0.25) is 0 Å². The van der Waals surface area contributed by atoms with E-state index in [1.165, 1.54) is 30.3 Å². The molecule has 0 saturated carbocycles. The normalized spacial score (nSPS) is 12.7. The van der Waals surface area contributed by atoms with Crippen molar-refractivity contribution in [2.45, 2.75) is 6.18 Å². The topological polar surface area (TPSA) is 86.0 Å². The van der Waals surface area contributed by atoms with Crippen molar-refractivity contribution in [2.75, 3.05) is 0 Å². The highest BCUT2D eigenvalue weighted by molar-refractivity contribution is 5.83. The third-order valence-corrected chi connectivity index (χ3v) is 2.08. The van der Waals surface area contributed by atoms with E-state index in [9.17, 15) is 13.2 Å². The molecular weight excluding hydrogens is 257 g/mol. The molecule has 19 heavy (non-hydrogen) atoms. The zero-order valence-electron chi connectivity index (χ0n) is 9.44. The van der Waals surface area contributed by atoms with Crippen LogP contribution in [0, 0.1) is 22.7 Å². The van der Waals surface area contributed by atoms with E-state index in [4.69, 9.17) is 16.3 Å². The number of allylic oxidation sites excluding steroid dienone is 2. The molecule has 0 fully saturated rings. The van der Waals surface area contributed by atoms with E-state index >= 15 is 0 Å². The fraction of sp³-hybridized carbons (Fsp3) is 0.0833. The smallest absolute Gasteiger partial charge is 0.388 e. The molecule has 96 valence electrons. The Morgan fingerprint density at radius 1 is 1.21 bits per heavy atom. The van der Waals surface area contributed by atoms with Crippen molar-refractivity contribution in [3.05, 3.63) is 46.8 Å². The third-order valence-electron chi connectivity index (χ3n) is 2.08. The van der Waals surface area contributed by atoms with Gasteiger partial charge in [0.05, 0.1) is 5.56 Å². The summed E-state index contributed by atoms with van der Waals surface area (Å²) in [5.74, 6) is 0. The molecule has 2 N–H and O–H groups in total. The van der Waals surface area contributed by atoms with Gasteiger partial charge in [-0.2, -0.15) is 23.7 Å². The van der Waals surface area contributed by atoms with Gasteiger partial charge in [-0.25, -0.2) is 4.99 Å². The first-order valence-electron chi connectivity index (χ1n) is 4.90. The van der Waals surface area contributed by atoms with Crippen LogP contribution >= 0.6 is 0 Å². The predicted molar refractivity (Wildman–Crippen MR) is 61.5 cm³/mol. The molecule has 0 aliphatic carbocycles. The molecule has 4 nitrogen and oxygen atoms in total. The number of rotatable bonds is 2. The molecule has 0 amide bonds. The van der Waals surface area contributed by atoms with E-state index < -0.39 is 23.1 Å². The van der Waals surface area contributed by atoms with Crippen LogP contribution in [0.25, 0.3) is 0 Å². The van der Waals surface area contributed by atoms with E-state index in [1.807, 2.05) is 0 Å². The van der Waals surface area contributed by atoms with Gasteiger partial charge in [-0.3, -0.25) is 0 Å². The first-order chi connectivity index (χ1) is 8.90.